The maximum absolute atomic E-state index is 8.46. The third-order valence-corrected chi connectivity index (χ3v) is 1.41. The topological polar surface area (TPSA) is 20.2 Å². The van der Waals surface area contributed by atoms with Gasteiger partial charge in [-0.25, -0.2) is 0 Å². The lowest BCUT2D eigenvalue weighted by atomic mass is 9.82. The molecule has 0 aromatic rings. The van der Waals surface area contributed by atoms with Gasteiger partial charge in [-0.15, -0.1) is 0 Å². The normalized spacial score (nSPS) is 22.1. The van der Waals surface area contributed by atoms with Crippen molar-refractivity contribution in [1.82, 2.24) is 0 Å². The summed E-state index contributed by atoms with van der Waals surface area (Å²) < 4.78 is 0. The van der Waals surface area contributed by atoms with Gasteiger partial charge in [0.2, 0.25) is 0 Å². The summed E-state index contributed by atoms with van der Waals surface area (Å²) in [5.41, 5.74) is 1.29. The van der Waals surface area contributed by atoms with Crippen molar-refractivity contribution >= 4 is 0 Å². The first kappa shape index (κ1) is 4.85. The molecule has 1 N–H and O–H groups in total. The van der Waals surface area contributed by atoms with E-state index in [1.165, 1.54) is 5.57 Å². The van der Waals surface area contributed by atoms with Gasteiger partial charge < -0.3 is 5.11 Å². The maximum atomic E-state index is 8.46. The fraction of sp³-hybridized carbons (Fsp3) is 0.667. The molecule has 0 atom stereocenters. The molecular weight excluding hydrogens is 88.1 g/mol. The van der Waals surface area contributed by atoms with E-state index in [0.717, 1.165) is 12.8 Å². The number of aliphatic hydroxyl groups excluding tert-OH is 1. The molecule has 0 saturated heterocycles. The van der Waals surface area contributed by atoms with E-state index < -0.39 is 0 Å². The summed E-state index contributed by atoms with van der Waals surface area (Å²) in [4.78, 5) is 0. The SMILES string of the molecule is C=C1CC(CO)C1. The van der Waals surface area contributed by atoms with Crippen LogP contribution in [-0.4, -0.2) is 11.7 Å². The summed E-state index contributed by atoms with van der Waals surface area (Å²) in [7, 11) is 0. The summed E-state index contributed by atoms with van der Waals surface area (Å²) >= 11 is 0. The molecule has 0 aliphatic heterocycles. The zero-order valence-corrected chi connectivity index (χ0v) is 4.35. The number of allylic oxidation sites excluding steroid dienone is 1. The first-order valence-corrected chi connectivity index (χ1v) is 2.60. The Labute approximate surface area is 43.7 Å². The first-order chi connectivity index (χ1) is 3.33. The van der Waals surface area contributed by atoms with E-state index in [0.29, 0.717) is 12.5 Å². The molecule has 0 radical (unpaired) electrons. The van der Waals surface area contributed by atoms with E-state index in [-0.39, 0.29) is 0 Å². The Balaban J connectivity index is 2.17. The van der Waals surface area contributed by atoms with Crippen molar-refractivity contribution in [3.8, 4) is 0 Å². The molecule has 0 aromatic heterocycles. The van der Waals surface area contributed by atoms with Gasteiger partial charge in [0.05, 0.1) is 0 Å². The van der Waals surface area contributed by atoms with Crippen LogP contribution < -0.4 is 0 Å². The zero-order valence-electron chi connectivity index (χ0n) is 4.35. The largest absolute Gasteiger partial charge is 0.396 e. The smallest absolute Gasteiger partial charge is 0.0465 e. The van der Waals surface area contributed by atoms with Crippen LogP contribution in [0.1, 0.15) is 12.8 Å². The Hall–Kier alpha value is -0.300. The van der Waals surface area contributed by atoms with Crippen molar-refractivity contribution in [3.05, 3.63) is 12.2 Å². The molecular formula is C6H10O. The van der Waals surface area contributed by atoms with Gasteiger partial charge in [0.25, 0.3) is 0 Å². The maximum Gasteiger partial charge on any atom is 0.0465 e. The molecule has 40 valence electrons. The molecule has 1 aliphatic carbocycles. The van der Waals surface area contributed by atoms with Crippen molar-refractivity contribution in [2.24, 2.45) is 5.92 Å². The average molecular weight is 98.1 g/mol. The Morgan fingerprint density at radius 3 is 2.43 bits per heavy atom. The lowest BCUT2D eigenvalue weighted by Gasteiger charge is -2.25. The molecule has 0 bridgehead atoms. The second-order valence-corrected chi connectivity index (χ2v) is 2.21. The van der Waals surface area contributed by atoms with Crippen LogP contribution in [0.5, 0.6) is 0 Å². The van der Waals surface area contributed by atoms with Crippen LogP contribution in [-0.2, 0) is 0 Å². The minimum atomic E-state index is 0.346. The quantitative estimate of drug-likeness (QED) is 0.484. The first-order valence-electron chi connectivity index (χ1n) is 2.60. The van der Waals surface area contributed by atoms with E-state index in [1.807, 2.05) is 0 Å². The zero-order chi connectivity index (χ0) is 5.28. The highest BCUT2D eigenvalue weighted by molar-refractivity contribution is 5.07. The number of hydrogen-bond donors (Lipinski definition) is 1. The molecule has 1 saturated carbocycles. The second-order valence-electron chi connectivity index (χ2n) is 2.21. The van der Waals surface area contributed by atoms with Crippen molar-refractivity contribution in [3.63, 3.8) is 0 Å². The standard InChI is InChI=1S/C6H10O/c1-5-2-6(3-5)4-7/h6-7H,1-4H2. The molecule has 7 heavy (non-hydrogen) atoms. The molecule has 1 fully saturated rings. The predicted octanol–water partition coefficient (Wildman–Crippen LogP) is 0.945. The van der Waals surface area contributed by atoms with E-state index in [1.54, 1.807) is 0 Å². The monoisotopic (exact) mass is 98.1 g/mol. The molecule has 0 amide bonds. The van der Waals surface area contributed by atoms with Crippen molar-refractivity contribution in [2.45, 2.75) is 12.8 Å². The van der Waals surface area contributed by atoms with E-state index in [4.69, 9.17) is 5.11 Å². The number of aliphatic hydroxyl groups is 1. The molecule has 1 rings (SSSR count). The van der Waals surface area contributed by atoms with Crippen LogP contribution in [0.4, 0.5) is 0 Å². The van der Waals surface area contributed by atoms with Crippen molar-refractivity contribution in [1.29, 1.82) is 0 Å². The lowest BCUT2D eigenvalue weighted by molar-refractivity contribution is 0.198. The fourth-order valence-electron chi connectivity index (χ4n) is 0.886. The van der Waals surface area contributed by atoms with Gasteiger partial charge in [-0.2, -0.15) is 0 Å². The highest BCUT2D eigenvalue weighted by Crippen LogP contribution is 2.30. The summed E-state index contributed by atoms with van der Waals surface area (Å²) in [6.45, 7) is 4.09. The summed E-state index contributed by atoms with van der Waals surface area (Å²) in [5.74, 6) is 0.549. The van der Waals surface area contributed by atoms with E-state index in [2.05, 4.69) is 6.58 Å². The number of rotatable bonds is 1. The van der Waals surface area contributed by atoms with Crippen molar-refractivity contribution < 1.29 is 5.11 Å². The molecule has 1 nitrogen and oxygen atoms in total. The minimum Gasteiger partial charge on any atom is -0.396 e. The van der Waals surface area contributed by atoms with Crippen LogP contribution >= 0.6 is 0 Å². The Kier molecular flexibility index (Phi) is 1.15. The van der Waals surface area contributed by atoms with Crippen molar-refractivity contribution in [2.75, 3.05) is 6.61 Å². The second kappa shape index (κ2) is 1.66. The van der Waals surface area contributed by atoms with Crippen LogP contribution in [0.15, 0.2) is 12.2 Å². The van der Waals surface area contributed by atoms with Crippen LogP contribution in [0.2, 0.25) is 0 Å². The van der Waals surface area contributed by atoms with Gasteiger partial charge in [-0.3, -0.25) is 0 Å². The molecule has 0 aromatic carbocycles. The molecule has 1 aliphatic rings. The third kappa shape index (κ3) is 0.829. The molecule has 0 unspecified atom stereocenters. The summed E-state index contributed by atoms with van der Waals surface area (Å²) in [6, 6.07) is 0. The van der Waals surface area contributed by atoms with Gasteiger partial charge >= 0.3 is 0 Å². The van der Waals surface area contributed by atoms with Crippen LogP contribution in [0, 0.1) is 5.92 Å². The van der Waals surface area contributed by atoms with E-state index >= 15 is 0 Å². The molecule has 0 spiro atoms. The van der Waals surface area contributed by atoms with E-state index in [9.17, 15) is 0 Å². The van der Waals surface area contributed by atoms with Crippen LogP contribution in [0.25, 0.3) is 0 Å². The van der Waals surface area contributed by atoms with Crippen LogP contribution in [0.3, 0.4) is 0 Å². The highest BCUT2D eigenvalue weighted by Gasteiger charge is 2.19. The van der Waals surface area contributed by atoms with Gasteiger partial charge in [-0.05, 0) is 18.8 Å². The highest BCUT2D eigenvalue weighted by atomic mass is 16.3. The van der Waals surface area contributed by atoms with Gasteiger partial charge in [0, 0.05) is 6.61 Å². The fourth-order valence-corrected chi connectivity index (χ4v) is 0.886. The summed E-state index contributed by atoms with van der Waals surface area (Å²) in [5, 5.41) is 8.46. The third-order valence-electron chi connectivity index (χ3n) is 1.41. The minimum absolute atomic E-state index is 0.346. The van der Waals surface area contributed by atoms with Gasteiger partial charge in [-0.1, -0.05) is 12.2 Å². The molecule has 1 heteroatoms. The Morgan fingerprint density at radius 1 is 1.71 bits per heavy atom. The Morgan fingerprint density at radius 2 is 2.29 bits per heavy atom. The average Bonchev–Trinajstić information content (AvgIpc) is 1.58. The van der Waals surface area contributed by atoms with Gasteiger partial charge in [0.1, 0.15) is 0 Å². The Bertz CT molecular complexity index is 78.2. The van der Waals surface area contributed by atoms with Gasteiger partial charge in [0.15, 0.2) is 0 Å². The molecule has 0 heterocycles. The summed E-state index contributed by atoms with van der Waals surface area (Å²) in [6.07, 6.45) is 2.10. The lowest BCUT2D eigenvalue weighted by Crippen LogP contribution is -2.17. The number of hydrogen-bond acceptors (Lipinski definition) is 1. The predicted molar refractivity (Wildman–Crippen MR) is 28.9 cm³/mol.